The molecule has 1 aromatic rings. The van der Waals surface area contributed by atoms with Gasteiger partial charge in [0.2, 0.25) is 0 Å². The van der Waals surface area contributed by atoms with Gasteiger partial charge >= 0.3 is 5.97 Å². The zero-order valence-corrected chi connectivity index (χ0v) is 11.9. The summed E-state index contributed by atoms with van der Waals surface area (Å²) in [7, 11) is 0. The molecule has 5 nitrogen and oxygen atoms in total. The normalized spacial score (nSPS) is 21.7. The molecule has 1 saturated heterocycles. The van der Waals surface area contributed by atoms with Crippen LogP contribution in [0.25, 0.3) is 0 Å². The number of nitrogen functional groups attached to an aromatic ring is 1. The Morgan fingerprint density at radius 1 is 1.45 bits per heavy atom. The van der Waals surface area contributed by atoms with Crippen molar-refractivity contribution in [2.45, 2.75) is 38.9 Å². The second-order valence-electron chi connectivity index (χ2n) is 4.90. The molecule has 1 aliphatic rings. The zero-order valence-electron chi connectivity index (χ0n) is 11.9. The Kier molecular flexibility index (Phi) is 4.84. The van der Waals surface area contributed by atoms with Gasteiger partial charge in [-0.15, -0.1) is 0 Å². The summed E-state index contributed by atoms with van der Waals surface area (Å²) in [6.07, 6.45) is 2.16. The van der Waals surface area contributed by atoms with E-state index in [0.717, 1.165) is 12.8 Å². The number of para-hydroxylation sites is 1. The molecule has 110 valence electrons. The molecule has 1 heterocycles. The number of benzene rings is 1. The fourth-order valence-corrected chi connectivity index (χ4v) is 2.28. The molecule has 0 spiro atoms. The van der Waals surface area contributed by atoms with Gasteiger partial charge in [-0.2, -0.15) is 0 Å². The Hall–Kier alpha value is -1.75. The van der Waals surface area contributed by atoms with Crippen molar-refractivity contribution in [3.05, 3.63) is 23.8 Å². The van der Waals surface area contributed by atoms with Gasteiger partial charge in [-0.05, 0) is 38.8 Å². The fraction of sp³-hybridized carbons (Fsp3) is 0.533. The van der Waals surface area contributed by atoms with Crippen molar-refractivity contribution in [2.24, 2.45) is 0 Å². The number of rotatable bonds is 5. The summed E-state index contributed by atoms with van der Waals surface area (Å²) in [5, 5.41) is 0. The zero-order chi connectivity index (χ0) is 14.5. The van der Waals surface area contributed by atoms with E-state index in [4.69, 9.17) is 19.9 Å². The number of nitrogens with two attached hydrogens (primary N) is 1. The van der Waals surface area contributed by atoms with Crippen molar-refractivity contribution < 1.29 is 19.0 Å². The van der Waals surface area contributed by atoms with Crippen molar-refractivity contribution in [1.29, 1.82) is 0 Å². The Labute approximate surface area is 119 Å². The number of hydrogen-bond donors (Lipinski definition) is 1. The predicted octanol–water partition coefficient (Wildman–Crippen LogP) is 2.39. The summed E-state index contributed by atoms with van der Waals surface area (Å²) < 4.78 is 16.3. The van der Waals surface area contributed by atoms with Gasteiger partial charge in [0.25, 0.3) is 0 Å². The van der Waals surface area contributed by atoms with Gasteiger partial charge in [0.15, 0.2) is 5.75 Å². The van der Waals surface area contributed by atoms with Crippen LogP contribution in [0.3, 0.4) is 0 Å². The fourth-order valence-electron chi connectivity index (χ4n) is 2.28. The van der Waals surface area contributed by atoms with Crippen LogP contribution in [0.4, 0.5) is 5.69 Å². The number of ether oxygens (including phenoxy) is 3. The van der Waals surface area contributed by atoms with E-state index in [1.54, 1.807) is 18.2 Å². The van der Waals surface area contributed by atoms with Crippen LogP contribution in [-0.2, 0) is 9.47 Å². The van der Waals surface area contributed by atoms with Crippen LogP contribution in [0.5, 0.6) is 5.75 Å². The van der Waals surface area contributed by atoms with Gasteiger partial charge in [0.1, 0.15) is 12.2 Å². The third kappa shape index (κ3) is 3.42. The summed E-state index contributed by atoms with van der Waals surface area (Å²) in [5.41, 5.74) is 6.62. The number of hydrogen-bond acceptors (Lipinski definition) is 5. The van der Waals surface area contributed by atoms with E-state index in [-0.39, 0.29) is 18.8 Å². The third-order valence-corrected chi connectivity index (χ3v) is 3.27. The molecule has 20 heavy (non-hydrogen) atoms. The highest BCUT2D eigenvalue weighted by Gasteiger charge is 2.24. The van der Waals surface area contributed by atoms with Crippen molar-refractivity contribution in [3.8, 4) is 5.75 Å². The average molecular weight is 279 g/mol. The second kappa shape index (κ2) is 6.61. The summed E-state index contributed by atoms with van der Waals surface area (Å²) >= 11 is 0. The molecular weight excluding hydrogens is 258 g/mol. The smallest absolute Gasteiger partial charge is 0.342 e. The molecule has 5 heteroatoms. The molecule has 2 unspecified atom stereocenters. The minimum atomic E-state index is -0.427. The van der Waals surface area contributed by atoms with Crippen LogP contribution in [0, 0.1) is 0 Å². The standard InChI is InChI=1S/C15H21NO4/c1-3-18-14-12(5-4-6-13(14)16)15(17)19-9-11-8-7-10(2)20-11/h4-6,10-11H,3,7-9,16H2,1-2H3. The van der Waals surface area contributed by atoms with Crippen molar-refractivity contribution >= 4 is 11.7 Å². The van der Waals surface area contributed by atoms with Crippen molar-refractivity contribution in [2.75, 3.05) is 18.9 Å². The van der Waals surface area contributed by atoms with Crippen LogP contribution in [0.1, 0.15) is 37.0 Å². The lowest BCUT2D eigenvalue weighted by Crippen LogP contribution is -2.19. The van der Waals surface area contributed by atoms with Gasteiger partial charge < -0.3 is 19.9 Å². The molecule has 0 aromatic heterocycles. The largest absolute Gasteiger partial charge is 0.491 e. The molecule has 2 atom stereocenters. The molecule has 2 rings (SSSR count). The van der Waals surface area contributed by atoms with Crippen LogP contribution in [0.15, 0.2) is 18.2 Å². The molecule has 1 aromatic carbocycles. The maximum atomic E-state index is 12.1. The van der Waals surface area contributed by atoms with Crippen molar-refractivity contribution in [1.82, 2.24) is 0 Å². The summed E-state index contributed by atoms with van der Waals surface area (Å²) in [4.78, 5) is 12.1. The maximum Gasteiger partial charge on any atom is 0.342 e. The molecule has 1 aliphatic heterocycles. The Morgan fingerprint density at radius 2 is 2.25 bits per heavy atom. The lowest BCUT2D eigenvalue weighted by molar-refractivity contribution is -0.00283. The quantitative estimate of drug-likeness (QED) is 0.662. The first-order chi connectivity index (χ1) is 9.61. The van der Waals surface area contributed by atoms with Crippen LogP contribution < -0.4 is 10.5 Å². The van der Waals surface area contributed by atoms with Gasteiger partial charge in [-0.3, -0.25) is 0 Å². The lowest BCUT2D eigenvalue weighted by atomic mass is 10.1. The highest BCUT2D eigenvalue weighted by atomic mass is 16.6. The van der Waals surface area contributed by atoms with E-state index in [1.165, 1.54) is 0 Å². The van der Waals surface area contributed by atoms with E-state index < -0.39 is 5.97 Å². The topological polar surface area (TPSA) is 70.8 Å². The molecule has 2 N–H and O–H groups in total. The Balaban J connectivity index is 2.00. The second-order valence-corrected chi connectivity index (χ2v) is 4.90. The van der Waals surface area contributed by atoms with Gasteiger partial charge in [-0.1, -0.05) is 6.07 Å². The first-order valence-corrected chi connectivity index (χ1v) is 6.95. The van der Waals surface area contributed by atoms with E-state index in [9.17, 15) is 4.79 Å². The Morgan fingerprint density at radius 3 is 2.90 bits per heavy atom. The van der Waals surface area contributed by atoms with E-state index in [1.807, 2.05) is 13.8 Å². The number of carbonyl (C=O) groups is 1. The summed E-state index contributed by atoms with van der Waals surface area (Å²) in [6.45, 7) is 4.57. The SMILES string of the molecule is CCOc1c(N)cccc1C(=O)OCC1CCC(C)O1. The number of anilines is 1. The van der Waals surface area contributed by atoms with Crippen LogP contribution in [-0.4, -0.2) is 31.4 Å². The predicted molar refractivity (Wildman–Crippen MR) is 75.9 cm³/mol. The first kappa shape index (κ1) is 14.7. The average Bonchev–Trinajstić information content (AvgIpc) is 2.84. The number of esters is 1. The van der Waals surface area contributed by atoms with E-state index >= 15 is 0 Å². The maximum absolute atomic E-state index is 12.1. The first-order valence-electron chi connectivity index (χ1n) is 6.95. The monoisotopic (exact) mass is 279 g/mol. The Bertz CT molecular complexity index is 475. The molecule has 0 saturated carbocycles. The van der Waals surface area contributed by atoms with Crippen LogP contribution in [0.2, 0.25) is 0 Å². The van der Waals surface area contributed by atoms with Crippen molar-refractivity contribution in [3.63, 3.8) is 0 Å². The molecule has 0 radical (unpaired) electrons. The molecule has 0 bridgehead atoms. The van der Waals surface area contributed by atoms with Gasteiger partial charge in [-0.25, -0.2) is 4.79 Å². The molecule has 0 aliphatic carbocycles. The number of carbonyl (C=O) groups excluding carboxylic acids is 1. The van der Waals surface area contributed by atoms with E-state index in [2.05, 4.69) is 0 Å². The minimum absolute atomic E-state index is 0.00875. The van der Waals surface area contributed by atoms with Gasteiger partial charge in [0, 0.05) is 0 Å². The highest BCUT2D eigenvalue weighted by molar-refractivity contribution is 5.94. The summed E-state index contributed by atoms with van der Waals surface area (Å²) in [5.74, 6) is -0.0374. The molecule has 0 amide bonds. The highest BCUT2D eigenvalue weighted by Crippen LogP contribution is 2.27. The van der Waals surface area contributed by atoms with E-state index in [0.29, 0.717) is 23.6 Å². The third-order valence-electron chi connectivity index (χ3n) is 3.27. The minimum Gasteiger partial charge on any atom is -0.491 e. The summed E-state index contributed by atoms with van der Waals surface area (Å²) in [6, 6.07) is 5.06. The molecule has 1 fully saturated rings. The molecular formula is C15H21NO4. The lowest BCUT2D eigenvalue weighted by Gasteiger charge is -2.14. The van der Waals surface area contributed by atoms with Crippen LogP contribution >= 0.6 is 0 Å². The van der Waals surface area contributed by atoms with Gasteiger partial charge in [0.05, 0.1) is 24.5 Å².